The van der Waals surface area contributed by atoms with Gasteiger partial charge in [-0.15, -0.1) is 0 Å². The standard InChI is InChI=1S/C17H38O3Si/c1-11-15(5,6)18-21(14-4,19-16(7,8)12-2)20-17(9,10)13-3/h11-14H2,1-10H3. The lowest BCUT2D eigenvalue weighted by Gasteiger charge is -2.44. The van der Waals surface area contributed by atoms with Gasteiger partial charge in [0.1, 0.15) is 0 Å². The lowest BCUT2D eigenvalue weighted by atomic mass is 10.1. The Morgan fingerprint density at radius 2 is 0.810 bits per heavy atom. The van der Waals surface area contributed by atoms with Gasteiger partial charge in [-0.3, -0.25) is 0 Å². The molecule has 0 aliphatic heterocycles. The zero-order valence-electron chi connectivity index (χ0n) is 16.1. The highest BCUT2D eigenvalue weighted by Gasteiger charge is 2.50. The molecule has 0 N–H and O–H groups in total. The predicted molar refractivity (Wildman–Crippen MR) is 92.6 cm³/mol. The molecule has 0 radical (unpaired) electrons. The van der Waals surface area contributed by atoms with Crippen LogP contribution < -0.4 is 0 Å². The number of hydrogen-bond acceptors (Lipinski definition) is 3. The van der Waals surface area contributed by atoms with E-state index in [0.29, 0.717) is 0 Å². The molecule has 0 bridgehead atoms. The molecule has 0 aliphatic carbocycles. The van der Waals surface area contributed by atoms with Gasteiger partial charge in [0.25, 0.3) is 0 Å². The summed E-state index contributed by atoms with van der Waals surface area (Å²) in [6.07, 6.45) is 2.81. The second-order valence-electron chi connectivity index (χ2n) is 7.68. The maximum absolute atomic E-state index is 6.49. The van der Waals surface area contributed by atoms with Crippen molar-refractivity contribution in [2.24, 2.45) is 0 Å². The Hall–Kier alpha value is 0.0969. The molecule has 0 rings (SSSR count). The van der Waals surface area contributed by atoms with Crippen LogP contribution in [-0.2, 0) is 13.3 Å². The largest absolute Gasteiger partial charge is 0.501 e. The molecule has 0 aromatic carbocycles. The molecule has 0 atom stereocenters. The van der Waals surface area contributed by atoms with Crippen LogP contribution in [-0.4, -0.2) is 25.6 Å². The summed E-state index contributed by atoms with van der Waals surface area (Å²) in [6, 6.07) is 0.795. The highest BCUT2D eigenvalue weighted by molar-refractivity contribution is 6.61. The van der Waals surface area contributed by atoms with Gasteiger partial charge in [-0.25, -0.2) is 0 Å². The summed E-state index contributed by atoms with van der Waals surface area (Å²) in [5.74, 6) is 0. The van der Waals surface area contributed by atoms with Crippen LogP contribution in [0.15, 0.2) is 0 Å². The van der Waals surface area contributed by atoms with Gasteiger partial charge in [0.2, 0.25) is 0 Å². The number of rotatable bonds is 10. The number of hydrogen-bond donors (Lipinski definition) is 0. The summed E-state index contributed by atoms with van der Waals surface area (Å²) < 4.78 is 19.5. The fourth-order valence-corrected chi connectivity index (χ4v) is 5.28. The van der Waals surface area contributed by atoms with Crippen LogP contribution in [0.2, 0.25) is 6.04 Å². The van der Waals surface area contributed by atoms with Crippen molar-refractivity contribution < 1.29 is 13.3 Å². The third kappa shape index (κ3) is 7.27. The molecular formula is C17H38O3Si. The first-order valence-electron chi connectivity index (χ1n) is 8.47. The molecule has 0 fully saturated rings. The Morgan fingerprint density at radius 3 is 0.952 bits per heavy atom. The predicted octanol–water partition coefficient (Wildman–Crippen LogP) is 5.56. The first kappa shape index (κ1) is 21.1. The minimum Gasteiger partial charge on any atom is -0.368 e. The summed E-state index contributed by atoms with van der Waals surface area (Å²) in [5.41, 5.74) is -0.679. The molecule has 0 aliphatic rings. The van der Waals surface area contributed by atoms with Crippen LogP contribution in [0.4, 0.5) is 0 Å². The van der Waals surface area contributed by atoms with Gasteiger partial charge >= 0.3 is 8.80 Å². The van der Waals surface area contributed by atoms with E-state index in [1.54, 1.807) is 0 Å². The molecule has 128 valence electrons. The molecule has 21 heavy (non-hydrogen) atoms. The van der Waals surface area contributed by atoms with Crippen molar-refractivity contribution in [2.75, 3.05) is 0 Å². The highest BCUT2D eigenvalue weighted by Crippen LogP contribution is 2.34. The van der Waals surface area contributed by atoms with Gasteiger partial charge in [0, 0.05) is 6.04 Å². The Morgan fingerprint density at radius 1 is 0.571 bits per heavy atom. The van der Waals surface area contributed by atoms with Crippen molar-refractivity contribution in [1.29, 1.82) is 0 Å². The van der Waals surface area contributed by atoms with E-state index in [0.717, 1.165) is 25.3 Å². The summed E-state index contributed by atoms with van der Waals surface area (Å²) >= 11 is 0. The molecule has 0 amide bonds. The lowest BCUT2D eigenvalue weighted by molar-refractivity contribution is -0.0900. The van der Waals surface area contributed by atoms with Gasteiger partial charge in [0.05, 0.1) is 16.8 Å². The molecule has 3 nitrogen and oxygen atoms in total. The van der Waals surface area contributed by atoms with E-state index in [1.165, 1.54) is 0 Å². The van der Waals surface area contributed by atoms with Gasteiger partial charge in [-0.2, -0.15) is 0 Å². The Kier molecular flexibility index (Phi) is 7.61. The molecule has 0 heterocycles. The van der Waals surface area contributed by atoms with E-state index in [9.17, 15) is 0 Å². The third-order valence-corrected chi connectivity index (χ3v) is 7.74. The van der Waals surface area contributed by atoms with Gasteiger partial charge in [-0.1, -0.05) is 27.7 Å². The molecule has 0 aromatic heterocycles. The zero-order chi connectivity index (χ0) is 16.9. The highest BCUT2D eigenvalue weighted by atomic mass is 28.4. The van der Waals surface area contributed by atoms with Crippen LogP contribution in [0.5, 0.6) is 0 Å². The van der Waals surface area contributed by atoms with Crippen LogP contribution >= 0.6 is 0 Å². The molecule has 4 heteroatoms. The average molecular weight is 319 g/mol. The maximum atomic E-state index is 6.49. The third-order valence-electron chi connectivity index (χ3n) is 4.28. The van der Waals surface area contributed by atoms with E-state index in [-0.39, 0.29) is 16.8 Å². The second kappa shape index (κ2) is 7.58. The Bertz CT molecular complexity index is 266. The van der Waals surface area contributed by atoms with E-state index >= 15 is 0 Å². The Labute approximate surface area is 134 Å². The van der Waals surface area contributed by atoms with E-state index < -0.39 is 8.80 Å². The van der Waals surface area contributed by atoms with Crippen molar-refractivity contribution in [2.45, 2.75) is 111 Å². The van der Waals surface area contributed by atoms with Gasteiger partial charge in [-0.05, 0) is 60.8 Å². The van der Waals surface area contributed by atoms with E-state index in [2.05, 4.69) is 69.2 Å². The molecule has 0 aromatic rings. The lowest BCUT2D eigenvalue weighted by Crippen LogP contribution is -2.57. The molecule has 0 spiro atoms. The average Bonchev–Trinajstić information content (AvgIpc) is 2.37. The molecular weight excluding hydrogens is 280 g/mol. The van der Waals surface area contributed by atoms with Crippen molar-refractivity contribution >= 4 is 8.80 Å². The second-order valence-corrected chi connectivity index (χ2v) is 10.4. The zero-order valence-corrected chi connectivity index (χ0v) is 17.1. The Balaban J connectivity index is 5.48. The normalized spacial score (nSPS) is 14.6. The van der Waals surface area contributed by atoms with Gasteiger partial charge < -0.3 is 13.3 Å². The topological polar surface area (TPSA) is 27.7 Å². The monoisotopic (exact) mass is 318 g/mol. The minimum atomic E-state index is -2.74. The van der Waals surface area contributed by atoms with Crippen molar-refractivity contribution in [3.05, 3.63) is 0 Å². The maximum Gasteiger partial charge on any atom is 0.501 e. The molecule has 0 saturated carbocycles. The fourth-order valence-electron chi connectivity index (χ4n) is 1.76. The van der Waals surface area contributed by atoms with Crippen LogP contribution in [0.1, 0.15) is 88.5 Å². The quantitative estimate of drug-likeness (QED) is 0.493. The van der Waals surface area contributed by atoms with Crippen LogP contribution in [0, 0.1) is 0 Å². The van der Waals surface area contributed by atoms with Gasteiger partial charge in [0.15, 0.2) is 0 Å². The van der Waals surface area contributed by atoms with Crippen molar-refractivity contribution in [1.82, 2.24) is 0 Å². The van der Waals surface area contributed by atoms with Crippen LogP contribution in [0.25, 0.3) is 0 Å². The smallest absolute Gasteiger partial charge is 0.368 e. The van der Waals surface area contributed by atoms with E-state index in [4.69, 9.17) is 13.3 Å². The summed E-state index contributed by atoms with van der Waals surface area (Å²) in [5, 5.41) is 0. The van der Waals surface area contributed by atoms with Crippen molar-refractivity contribution in [3.63, 3.8) is 0 Å². The molecule has 0 saturated heterocycles. The molecule has 0 unspecified atom stereocenters. The summed E-state index contributed by atoms with van der Waals surface area (Å²) in [4.78, 5) is 0. The minimum absolute atomic E-state index is 0.226. The van der Waals surface area contributed by atoms with Crippen molar-refractivity contribution in [3.8, 4) is 0 Å². The fraction of sp³-hybridized carbons (Fsp3) is 1.00. The first-order chi connectivity index (χ1) is 9.36. The summed E-state index contributed by atoms with van der Waals surface area (Å²) in [7, 11) is -2.74. The SMILES string of the molecule is CCC(C)(C)O[Si](CC)(OC(C)(C)CC)OC(C)(C)CC. The first-order valence-corrected chi connectivity index (χ1v) is 10.4. The summed E-state index contributed by atoms with van der Waals surface area (Å²) in [6.45, 7) is 21.3. The van der Waals surface area contributed by atoms with Crippen LogP contribution in [0.3, 0.4) is 0 Å². The van der Waals surface area contributed by atoms with E-state index in [1.807, 2.05) is 0 Å².